The second-order valence-electron chi connectivity index (χ2n) is 3.76. The Morgan fingerprint density at radius 3 is 2.82 bits per heavy atom. The van der Waals surface area contributed by atoms with Crippen LogP contribution in [-0.2, 0) is 4.79 Å². The Hall–Kier alpha value is -1.46. The molecule has 17 heavy (non-hydrogen) atoms. The van der Waals surface area contributed by atoms with Crippen molar-refractivity contribution in [2.75, 3.05) is 13.3 Å². The molecule has 0 bridgehead atoms. The van der Waals surface area contributed by atoms with E-state index in [2.05, 4.69) is 0 Å². The minimum absolute atomic E-state index is 0.00610. The van der Waals surface area contributed by atoms with Crippen LogP contribution in [0.15, 0.2) is 6.07 Å². The molecule has 1 aromatic rings. The zero-order valence-corrected chi connectivity index (χ0v) is 9.95. The number of fused-ring (bicyclic) bond motifs is 1. The molecule has 3 N–H and O–H groups in total. The highest BCUT2D eigenvalue weighted by molar-refractivity contribution is 6.32. The number of benzene rings is 1. The molecule has 0 spiro atoms. The predicted molar refractivity (Wildman–Crippen MR) is 61.7 cm³/mol. The molecule has 1 aliphatic heterocycles. The molecule has 1 unspecified atom stereocenters. The van der Waals surface area contributed by atoms with Crippen LogP contribution in [0.3, 0.4) is 0 Å². The van der Waals surface area contributed by atoms with Gasteiger partial charge in [0.15, 0.2) is 11.5 Å². The summed E-state index contributed by atoms with van der Waals surface area (Å²) in [5.74, 6) is -0.797. The zero-order chi connectivity index (χ0) is 12.6. The molecular weight excluding hydrogens is 246 g/mol. The number of hydrogen-bond donors (Lipinski definition) is 2. The van der Waals surface area contributed by atoms with Gasteiger partial charge in [-0.3, -0.25) is 4.79 Å². The lowest BCUT2D eigenvalue weighted by Gasteiger charge is -2.15. The highest BCUT2D eigenvalue weighted by Crippen LogP contribution is 2.44. The summed E-state index contributed by atoms with van der Waals surface area (Å²) in [5.41, 5.74) is 6.75. The molecule has 0 radical (unpaired) electrons. The summed E-state index contributed by atoms with van der Waals surface area (Å²) in [5, 5.41) is 9.44. The molecule has 0 saturated heterocycles. The van der Waals surface area contributed by atoms with Crippen molar-refractivity contribution >= 4 is 17.6 Å². The van der Waals surface area contributed by atoms with E-state index < -0.39 is 11.9 Å². The summed E-state index contributed by atoms with van der Waals surface area (Å²) in [6.45, 7) is 1.87. The lowest BCUT2D eigenvalue weighted by atomic mass is 9.94. The Morgan fingerprint density at radius 2 is 2.24 bits per heavy atom. The van der Waals surface area contributed by atoms with Crippen LogP contribution in [0.2, 0.25) is 5.02 Å². The molecule has 0 aliphatic carbocycles. The Labute approximate surface area is 103 Å². The van der Waals surface area contributed by atoms with Gasteiger partial charge in [-0.05, 0) is 24.1 Å². The van der Waals surface area contributed by atoms with Crippen molar-refractivity contribution in [1.82, 2.24) is 0 Å². The van der Waals surface area contributed by atoms with Crippen LogP contribution in [0, 0.1) is 6.92 Å². The van der Waals surface area contributed by atoms with Crippen molar-refractivity contribution in [2.45, 2.75) is 12.8 Å². The SMILES string of the molecule is Cc1c(C(CN)C(=O)O)cc(Cl)c2c1OCO2. The fraction of sp³-hybridized carbons (Fsp3) is 0.364. The maximum absolute atomic E-state index is 11.1. The average Bonchev–Trinajstić information content (AvgIpc) is 2.75. The number of carbonyl (C=O) groups is 1. The summed E-state index contributed by atoms with van der Waals surface area (Å²) < 4.78 is 10.5. The number of nitrogens with two attached hydrogens (primary N) is 1. The van der Waals surface area contributed by atoms with Crippen molar-refractivity contribution in [3.63, 3.8) is 0 Å². The van der Waals surface area contributed by atoms with E-state index >= 15 is 0 Å². The maximum atomic E-state index is 11.1. The van der Waals surface area contributed by atoms with Crippen LogP contribution in [0.1, 0.15) is 17.0 Å². The fourth-order valence-electron chi connectivity index (χ4n) is 1.90. The standard InChI is InChI=1S/C11H12ClNO4/c1-5-6(7(3-13)11(14)15)2-8(12)10-9(5)16-4-17-10/h2,7H,3-4,13H2,1H3,(H,14,15). The second-order valence-corrected chi connectivity index (χ2v) is 4.17. The van der Waals surface area contributed by atoms with Gasteiger partial charge in [0.1, 0.15) is 0 Å². The molecule has 92 valence electrons. The third-order valence-corrected chi connectivity index (χ3v) is 3.08. The average molecular weight is 258 g/mol. The first-order chi connectivity index (χ1) is 8.06. The largest absolute Gasteiger partial charge is 0.481 e. The lowest BCUT2D eigenvalue weighted by molar-refractivity contribution is -0.138. The first-order valence-electron chi connectivity index (χ1n) is 5.07. The molecule has 0 aromatic heterocycles. The van der Waals surface area contributed by atoms with Crippen LogP contribution >= 0.6 is 11.6 Å². The van der Waals surface area contributed by atoms with Crippen molar-refractivity contribution in [2.24, 2.45) is 5.73 Å². The van der Waals surface area contributed by atoms with Crippen LogP contribution in [-0.4, -0.2) is 24.4 Å². The van der Waals surface area contributed by atoms with Gasteiger partial charge >= 0.3 is 5.97 Å². The lowest BCUT2D eigenvalue weighted by Crippen LogP contribution is -2.22. The minimum Gasteiger partial charge on any atom is -0.481 e. The van der Waals surface area contributed by atoms with Gasteiger partial charge in [-0.15, -0.1) is 0 Å². The van der Waals surface area contributed by atoms with Gasteiger partial charge in [0.05, 0.1) is 10.9 Å². The second kappa shape index (κ2) is 4.43. The van der Waals surface area contributed by atoms with Crippen molar-refractivity contribution in [3.05, 3.63) is 22.2 Å². The fourth-order valence-corrected chi connectivity index (χ4v) is 2.16. The summed E-state index contributed by atoms with van der Waals surface area (Å²) in [7, 11) is 0. The molecule has 5 nitrogen and oxygen atoms in total. The molecule has 1 aliphatic rings. The molecule has 2 rings (SSSR count). The highest BCUT2D eigenvalue weighted by Gasteiger charge is 2.28. The molecule has 1 atom stereocenters. The number of carboxylic acids is 1. The molecular formula is C11H12ClNO4. The Balaban J connectivity index is 2.56. The van der Waals surface area contributed by atoms with E-state index in [4.69, 9.17) is 31.9 Å². The van der Waals surface area contributed by atoms with Crippen LogP contribution in [0.4, 0.5) is 0 Å². The van der Waals surface area contributed by atoms with E-state index in [9.17, 15) is 4.79 Å². The number of halogens is 1. The Kier molecular flexibility index (Phi) is 3.13. The van der Waals surface area contributed by atoms with Crippen molar-refractivity contribution in [1.29, 1.82) is 0 Å². The van der Waals surface area contributed by atoms with Gasteiger partial charge in [0.2, 0.25) is 6.79 Å². The van der Waals surface area contributed by atoms with Crippen LogP contribution in [0.5, 0.6) is 11.5 Å². The van der Waals surface area contributed by atoms with E-state index in [1.807, 2.05) is 0 Å². The number of carboxylic acid groups (broad SMARTS) is 1. The quantitative estimate of drug-likeness (QED) is 0.858. The van der Waals surface area contributed by atoms with Gasteiger partial charge < -0.3 is 20.3 Å². The molecule has 0 saturated carbocycles. The number of aliphatic carboxylic acids is 1. The van der Waals surface area contributed by atoms with E-state index in [-0.39, 0.29) is 13.3 Å². The maximum Gasteiger partial charge on any atom is 0.312 e. The zero-order valence-electron chi connectivity index (χ0n) is 9.20. The van der Waals surface area contributed by atoms with Gasteiger partial charge in [0, 0.05) is 6.54 Å². The smallest absolute Gasteiger partial charge is 0.312 e. The van der Waals surface area contributed by atoms with E-state index in [0.29, 0.717) is 27.6 Å². The Morgan fingerprint density at radius 1 is 1.59 bits per heavy atom. The Bertz CT molecular complexity index is 475. The van der Waals surface area contributed by atoms with Crippen molar-refractivity contribution < 1.29 is 19.4 Å². The van der Waals surface area contributed by atoms with Gasteiger partial charge in [0.25, 0.3) is 0 Å². The number of ether oxygens (including phenoxy) is 2. The number of rotatable bonds is 3. The summed E-state index contributed by atoms with van der Waals surface area (Å²) in [6, 6.07) is 1.58. The normalized spacial score (nSPS) is 14.8. The van der Waals surface area contributed by atoms with Gasteiger partial charge in [-0.25, -0.2) is 0 Å². The summed E-state index contributed by atoms with van der Waals surface area (Å²) in [6.07, 6.45) is 0. The van der Waals surface area contributed by atoms with Gasteiger partial charge in [-0.2, -0.15) is 0 Å². The monoisotopic (exact) mass is 257 g/mol. The molecule has 1 aromatic carbocycles. The van der Waals surface area contributed by atoms with Gasteiger partial charge in [-0.1, -0.05) is 11.6 Å². The molecule has 1 heterocycles. The highest BCUT2D eigenvalue weighted by atomic mass is 35.5. The van der Waals surface area contributed by atoms with E-state index in [0.717, 1.165) is 0 Å². The first-order valence-corrected chi connectivity index (χ1v) is 5.45. The van der Waals surface area contributed by atoms with Crippen LogP contribution in [0.25, 0.3) is 0 Å². The molecule has 6 heteroatoms. The van der Waals surface area contributed by atoms with E-state index in [1.165, 1.54) is 0 Å². The first kappa shape index (κ1) is 12.0. The summed E-state index contributed by atoms with van der Waals surface area (Å²) >= 11 is 6.01. The topological polar surface area (TPSA) is 81.8 Å². The molecule has 0 fully saturated rings. The third-order valence-electron chi connectivity index (χ3n) is 2.79. The van der Waals surface area contributed by atoms with Crippen molar-refractivity contribution in [3.8, 4) is 11.5 Å². The molecule has 0 amide bonds. The third kappa shape index (κ3) is 1.92. The number of hydrogen-bond acceptors (Lipinski definition) is 4. The minimum atomic E-state index is -0.981. The van der Waals surface area contributed by atoms with Crippen LogP contribution < -0.4 is 15.2 Å². The summed E-state index contributed by atoms with van der Waals surface area (Å²) in [4.78, 5) is 11.1. The predicted octanol–water partition coefficient (Wildman–Crippen LogP) is 1.50. The van der Waals surface area contributed by atoms with E-state index in [1.54, 1.807) is 13.0 Å².